The third kappa shape index (κ3) is 4.58. The molecule has 1 aliphatic rings. The molecule has 29 heavy (non-hydrogen) atoms. The molecule has 0 spiro atoms. The van der Waals surface area contributed by atoms with Crippen LogP contribution in [0.5, 0.6) is 5.75 Å². The number of benzene rings is 1. The lowest BCUT2D eigenvalue weighted by atomic mass is 10.1. The first kappa shape index (κ1) is 18.6. The average Bonchev–Trinajstić information content (AvgIpc) is 3.50. The van der Waals surface area contributed by atoms with Gasteiger partial charge in [0.25, 0.3) is 0 Å². The van der Waals surface area contributed by atoms with Crippen molar-refractivity contribution in [3.05, 3.63) is 65.2 Å². The molecule has 0 N–H and O–H groups in total. The lowest BCUT2D eigenvalue weighted by molar-refractivity contribution is 0.128. The van der Waals surface area contributed by atoms with Gasteiger partial charge in [0.15, 0.2) is 23.8 Å². The van der Waals surface area contributed by atoms with Gasteiger partial charge >= 0.3 is 0 Å². The maximum atomic E-state index is 5.61. The van der Waals surface area contributed by atoms with E-state index in [-0.39, 0.29) is 6.61 Å². The van der Waals surface area contributed by atoms with Crippen LogP contribution in [0.2, 0.25) is 0 Å². The van der Waals surface area contributed by atoms with E-state index in [1.807, 2.05) is 42.5 Å². The van der Waals surface area contributed by atoms with E-state index in [9.17, 15) is 0 Å². The first-order valence-corrected chi connectivity index (χ1v) is 9.28. The van der Waals surface area contributed by atoms with Gasteiger partial charge in [-0.2, -0.15) is 0 Å². The molecule has 1 fully saturated rings. The molecule has 2 heterocycles. The Morgan fingerprint density at radius 3 is 2.72 bits per heavy atom. The molecule has 0 aliphatic heterocycles. The smallest absolute Gasteiger partial charge is 0.204 e. The van der Waals surface area contributed by atoms with Crippen molar-refractivity contribution in [2.45, 2.75) is 19.4 Å². The number of aromatic nitrogens is 5. The third-order valence-electron chi connectivity index (χ3n) is 4.36. The van der Waals surface area contributed by atoms with Gasteiger partial charge < -0.3 is 9.57 Å². The molecule has 0 amide bonds. The summed E-state index contributed by atoms with van der Waals surface area (Å²) >= 11 is 0. The molecular weight excluding hydrogens is 368 g/mol. The lowest BCUT2D eigenvalue weighted by Crippen LogP contribution is -2.12. The second-order valence-corrected chi connectivity index (χ2v) is 6.60. The van der Waals surface area contributed by atoms with Crippen LogP contribution in [0.3, 0.4) is 0 Å². The van der Waals surface area contributed by atoms with Crippen LogP contribution in [0.15, 0.2) is 47.6 Å². The number of methoxy groups -OCH3 is 1. The largest absolute Gasteiger partial charge is 0.494 e. The minimum Gasteiger partial charge on any atom is -0.494 e. The van der Waals surface area contributed by atoms with Gasteiger partial charge in [-0.25, -0.2) is 9.67 Å². The second kappa shape index (κ2) is 8.52. The van der Waals surface area contributed by atoms with Gasteiger partial charge in [-0.3, -0.25) is 0 Å². The van der Waals surface area contributed by atoms with Crippen molar-refractivity contribution in [1.29, 1.82) is 0 Å². The van der Waals surface area contributed by atoms with Crippen LogP contribution in [0.4, 0.5) is 0 Å². The van der Waals surface area contributed by atoms with E-state index in [4.69, 9.17) is 9.57 Å². The van der Waals surface area contributed by atoms with Gasteiger partial charge in [0, 0.05) is 18.5 Å². The Kier molecular flexibility index (Phi) is 5.47. The third-order valence-corrected chi connectivity index (χ3v) is 4.36. The summed E-state index contributed by atoms with van der Waals surface area (Å²) < 4.78 is 6.91. The van der Waals surface area contributed by atoms with Crippen molar-refractivity contribution >= 4 is 5.71 Å². The number of hydrogen-bond acceptors (Lipinski definition) is 7. The zero-order chi connectivity index (χ0) is 20.1. The van der Waals surface area contributed by atoms with Crippen LogP contribution in [0.1, 0.15) is 35.6 Å². The summed E-state index contributed by atoms with van der Waals surface area (Å²) in [7, 11) is 3.37. The summed E-state index contributed by atoms with van der Waals surface area (Å²) in [5.74, 6) is 7.97. The molecule has 0 atom stereocenters. The molecule has 3 aromatic rings. The summed E-state index contributed by atoms with van der Waals surface area (Å²) in [4.78, 5) is 10.2. The van der Waals surface area contributed by atoms with Crippen LogP contribution >= 0.6 is 0 Å². The summed E-state index contributed by atoms with van der Waals surface area (Å²) in [5.41, 5.74) is 2.72. The molecule has 1 saturated carbocycles. The Balaban J connectivity index is 1.55. The monoisotopic (exact) mass is 388 g/mol. The zero-order valence-electron chi connectivity index (χ0n) is 16.2. The Hall–Kier alpha value is -3.73. The van der Waals surface area contributed by atoms with E-state index >= 15 is 0 Å². The maximum absolute atomic E-state index is 5.61. The number of nitrogens with zero attached hydrogens (tertiary/aromatic N) is 6. The zero-order valence-corrected chi connectivity index (χ0v) is 16.2. The van der Waals surface area contributed by atoms with Crippen molar-refractivity contribution in [2.24, 2.45) is 18.1 Å². The Morgan fingerprint density at radius 1 is 1.21 bits per heavy atom. The van der Waals surface area contributed by atoms with E-state index in [1.165, 1.54) is 0 Å². The van der Waals surface area contributed by atoms with Crippen molar-refractivity contribution in [3.8, 4) is 17.6 Å². The molecule has 146 valence electrons. The molecule has 1 aliphatic carbocycles. The van der Waals surface area contributed by atoms with Gasteiger partial charge in [-0.15, -0.1) is 5.10 Å². The topological polar surface area (TPSA) is 87.3 Å². The molecule has 8 heteroatoms. The first-order chi connectivity index (χ1) is 14.2. The number of oxime groups is 1. The van der Waals surface area contributed by atoms with E-state index < -0.39 is 0 Å². The van der Waals surface area contributed by atoms with Gasteiger partial charge in [-0.05, 0) is 41.3 Å². The summed E-state index contributed by atoms with van der Waals surface area (Å²) in [6.45, 7) is 0.184. The molecule has 0 radical (unpaired) electrons. The number of rotatable bonds is 6. The van der Waals surface area contributed by atoms with E-state index in [1.54, 1.807) is 18.8 Å². The molecule has 0 saturated heterocycles. The highest BCUT2D eigenvalue weighted by atomic mass is 16.6. The number of aryl methyl sites for hydroxylation is 1. The first-order valence-electron chi connectivity index (χ1n) is 9.28. The highest BCUT2D eigenvalue weighted by Gasteiger charge is 2.18. The highest BCUT2D eigenvalue weighted by molar-refractivity contribution is 6.10. The summed E-state index contributed by atoms with van der Waals surface area (Å²) in [6.07, 6.45) is 2.32. The fourth-order valence-electron chi connectivity index (χ4n) is 2.63. The SMILES string of the molecule is COc1ccc(CON=C(c2ccccc2)c2nnnn2C)nc1C#CC1CC1. The van der Waals surface area contributed by atoms with E-state index in [0.717, 1.165) is 18.4 Å². The standard InChI is InChI=1S/C21H20N6O2/c1-27-21(23-25-26-27)20(16-6-4-3-5-7-16)24-29-14-17-11-13-19(28-2)18(22-17)12-10-15-8-9-15/h3-7,11,13,15H,8-9,14H2,1-2H3. The number of tetrazole rings is 1. The van der Waals surface area contributed by atoms with Crippen molar-refractivity contribution < 1.29 is 9.57 Å². The fourth-order valence-corrected chi connectivity index (χ4v) is 2.63. The minimum absolute atomic E-state index is 0.184. The Bertz CT molecular complexity index is 1080. The Labute approximate surface area is 168 Å². The molecule has 8 nitrogen and oxygen atoms in total. The molecule has 0 unspecified atom stereocenters. The predicted octanol–water partition coefficient (Wildman–Crippen LogP) is 2.34. The number of pyridine rings is 1. The molecule has 0 bridgehead atoms. The number of ether oxygens (including phenoxy) is 1. The molecule has 1 aromatic carbocycles. The van der Waals surface area contributed by atoms with Crippen molar-refractivity contribution in [3.63, 3.8) is 0 Å². The van der Waals surface area contributed by atoms with Crippen molar-refractivity contribution in [2.75, 3.05) is 7.11 Å². The highest BCUT2D eigenvalue weighted by Crippen LogP contribution is 2.28. The average molecular weight is 388 g/mol. The Morgan fingerprint density at radius 2 is 2.03 bits per heavy atom. The van der Waals surface area contributed by atoms with Crippen LogP contribution < -0.4 is 4.74 Å². The minimum atomic E-state index is 0.184. The summed E-state index contributed by atoms with van der Waals surface area (Å²) in [5, 5.41) is 15.9. The van der Waals surface area contributed by atoms with Gasteiger partial charge in [-0.1, -0.05) is 41.4 Å². The van der Waals surface area contributed by atoms with E-state index in [2.05, 4.69) is 37.5 Å². The van der Waals surface area contributed by atoms with Gasteiger partial charge in [0.05, 0.1) is 12.8 Å². The fraction of sp³-hybridized carbons (Fsp3) is 0.286. The van der Waals surface area contributed by atoms with Crippen molar-refractivity contribution in [1.82, 2.24) is 25.2 Å². The van der Waals surface area contributed by atoms with Crippen LogP contribution in [-0.4, -0.2) is 38.0 Å². The molecule has 2 aromatic heterocycles. The summed E-state index contributed by atoms with van der Waals surface area (Å²) in [6, 6.07) is 13.3. The van der Waals surface area contributed by atoms with Gasteiger partial charge in [0.1, 0.15) is 0 Å². The normalized spacial score (nSPS) is 13.5. The lowest BCUT2D eigenvalue weighted by Gasteiger charge is -2.07. The maximum Gasteiger partial charge on any atom is 0.204 e. The van der Waals surface area contributed by atoms with Crippen LogP contribution in [-0.2, 0) is 18.5 Å². The second-order valence-electron chi connectivity index (χ2n) is 6.60. The van der Waals surface area contributed by atoms with Gasteiger partial charge in [0.2, 0.25) is 5.82 Å². The van der Waals surface area contributed by atoms with E-state index in [0.29, 0.717) is 34.6 Å². The van der Waals surface area contributed by atoms with Crippen LogP contribution in [0, 0.1) is 17.8 Å². The molecular formula is C21H20N6O2. The number of hydrogen-bond donors (Lipinski definition) is 0. The molecule has 4 rings (SSSR count). The van der Waals surface area contributed by atoms with Crippen LogP contribution in [0.25, 0.3) is 0 Å². The quantitative estimate of drug-likeness (QED) is 0.366. The predicted molar refractivity (Wildman–Crippen MR) is 106 cm³/mol.